The molecule has 3 rings (SSSR count). The molecular weight excluding hydrogens is 335 g/mol. The van der Waals surface area contributed by atoms with Gasteiger partial charge in [0.25, 0.3) is 0 Å². The first-order chi connectivity index (χ1) is 11.0. The fraction of sp³-hybridized carbons (Fsp3) is 0.235. The van der Waals surface area contributed by atoms with Crippen molar-refractivity contribution < 1.29 is 9.90 Å². The summed E-state index contributed by atoms with van der Waals surface area (Å²) in [6.07, 6.45) is 0.413. The van der Waals surface area contributed by atoms with Gasteiger partial charge in [0, 0.05) is 33.9 Å². The van der Waals surface area contributed by atoms with Crippen molar-refractivity contribution in [2.24, 2.45) is 0 Å². The van der Waals surface area contributed by atoms with Crippen molar-refractivity contribution in [3.63, 3.8) is 0 Å². The average Bonchev–Trinajstić information content (AvgIpc) is 2.52. The van der Waals surface area contributed by atoms with Gasteiger partial charge in [-0.05, 0) is 24.1 Å². The van der Waals surface area contributed by atoms with Crippen molar-refractivity contribution in [1.29, 1.82) is 0 Å². The first-order valence-electron chi connectivity index (χ1n) is 7.30. The van der Waals surface area contributed by atoms with Crippen LogP contribution in [0.1, 0.15) is 23.6 Å². The van der Waals surface area contributed by atoms with E-state index in [0.29, 0.717) is 28.7 Å². The summed E-state index contributed by atoms with van der Waals surface area (Å²) in [7, 11) is 0. The Morgan fingerprint density at radius 1 is 1.26 bits per heavy atom. The molecule has 0 unspecified atom stereocenters. The fourth-order valence-corrected chi connectivity index (χ4v) is 3.47. The molecule has 0 radical (unpaired) electrons. The van der Waals surface area contributed by atoms with Crippen LogP contribution in [0.3, 0.4) is 0 Å². The second kappa shape index (κ2) is 6.79. The Morgan fingerprint density at radius 3 is 2.70 bits per heavy atom. The van der Waals surface area contributed by atoms with Crippen LogP contribution in [0.15, 0.2) is 42.5 Å². The second-order valence-electron chi connectivity index (χ2n) is 5.54. The van der Waals surface area contributed by atoms with E-state index in [4.69, 9.17) is 23.2 Å². The highest BCUT2D eigenvalue weighted by molar-refractivity contribution is 6.35. The minimum absolute atomic E-state index is 0.155. The number of aliphatic carboxylic acids is 1. The minimum Gasteiger partial charge on any atom is -0.480 e. The maximum absolute atomic E-state index is 11.4. The van der Waals surface area contributed by atoms with Crippen LogP contribution >= 0.6 is 23.2 Å². The third kappa shape index (κ3) is 3.61. The van der Waals surface area contributed by atoms with Crippen LogP contribution in [0, 0.1) is 0 Å². The lowest BCUT2D eigenvalue weighted by molar-refractivity contribution is -0.138. The van der Waals surface area contributed by atoms with Crippen molar-refractivity contribution in [2.45, 2.75) is 25.0 Å². The van der Waals surface area contributed by atoms with Gasteiger partial charge in [0.2, 0.25) is 0 Å². The Bertz CT molecular complexity index is 722. The SMILES string of the molecule is O=C(O)[C@H]1C[C@H](NCc2ccccc2)c2c(Cl)cc(Cl)cc2N1. The lowest BCUT2D eigenvalue weighted by Crippen LogP contribution is -2.39. The summed E-state index contributed by atoms with van der Waals surface area (Å²) in [5.41, 5.74) is 2.67. The molecule has 23 heavy (non-hydrogen) atoms. The molecule has 0 fully saturated rings. The topological polar surface area (TPSA) is 61.4 Å². The molecule has 2 aromatic carbocycles. The van der Waals surface area contributed by atoms with Crippen LogP contribution in [0.2, 0.25) is 10.0 Å². The summed E-state index contributed by atoms with van der Waals surface area (Å²) in [6, 6.07) is 12.5. The van der Waals surface area contributed by atoms with Crippen LogP contribution in [0.25, 0.3) is 0 Å². The summed E-state index contributed by atoms with van der Waals surface area (Å²) in [6.45, 7) is 0.635. The Morgan fingerprint density at radius 2 is 2.00 bits per heavy atom. The molecule has 0 aliphatic carbocycles. The van der Waals surface area contributed by atoms with Gasteiger partial charge in [-0.3, -0.25) is 0 Å². The molecule has 0 aromatic heterocycles. The highest BCUT2D eigenvalue weighted by Crippen LogP contribution is 2.39. The van der Waals surface area contributed by atoms with Gasteiger partial charge in [-0.1, -0.05) is 53.5 Å². The smallest absolute Gasteiger partial charge is 0.326 e. The molecule has 3 N–H and O–H groups in total. The van der Waals surface area contributed by atoms with Gasteiger partial charge in [0.05, 0.1) is 0 Å². The molecule has 0 saturated carbocycles. The number of anilines is 1. The van der Waals surface area contributed by atoms with E-state index in [9.17, 15) is 9.90 Å². The maximum atomic E-state index is 11.4. The molecule has 2 aromatic rings. The third-order valence-corrected chi connectivity index (χ3v) is 4.47. The molecule has 0 spiro atoms. The summed E-state index contributed by atoms with van der Waals surface area (Å²) in [4.78, 5) is 11.4. The summed E-state index contributed by atoms with van der Waals surface area (Å²) in [5, 5.41) is 16.8. The van der Waals surface area contributed by atoms with Gasteiger partial charge in [-0.25, -0.2) is 4.79 Å². The van der Waals surface area contributed by atoms with E-state index < -0.39 is 12.0 Å². The Hall–Kier alpha value is -1.75. The third-order valence-electron chi connectivity index (χ3n) is 3.94. The van der Waals surface area contributed by atoms with E-state index in [1.165, 1.54) is 0 Å². The summed E-state index contributed by atoms with van der Waals surface area (Å²) >= 11 is 12.4. The van der Waals surface area contributed by atoms with Crippen LogP contribution in [-0.2, 0) is 11.3 Å². The summed E-state index contributed by atoms with van der Waals surface area (Å²) in [5.74, 6) is -0.891. The molecule has 1 aliphatic rings. The van der Waals surface area contributed by atoms with E-state index in [1.54, 1.807) is 12.1 Å². The van der Waals surface area contributed by atoms with Crippen LogP contribution < -0.4 is 10.6 Å². The Kier molecular flexibility index (Phi) is 4.76. The van der Waals surface area contributed by atoms with Gasteiger partial charge in [-0.15, -0.1) is 0 Å². The Labute approximate surface area is 144 Å². The lowest BCUT2D eigenvalue weighted by atomic mass is 9.92. The Balaban J connectivity index is 1.88. The van der Waals surface area contributed by atoms with E-state index >= 15 is 0 Å². The maximum Gasteiger partial charge on any atom is 0.326 e. The van der Waals surface area contributed by atoms with Crippen molar-refractivity contribution in [3.8, 4) is 0 Å². The van der Waals surface area contributed by atoms with Gasteiger partial charge in [0.1, 0.15) is 6.04 Å². The predicted octanol–water partition coefficient (Wildman–Crippen LogP) is 4.09. The van der Waals surface area contributed by atoms with Gasteiger partial charge in [0.15, 0.2) is 0 Å². The van der Waals surface area contributed by atoms with Crippen molar-refractivity contribution >= 4 is 34.9 Å². The zero-order chi connectivity index (χ0) is 16.4. The van der Waals surface area contributed by atoms with E-state index in [2.05, 4.69) is 10.6 Å². The zero-order valence-corrected chi connectivity index (χ0v) is 13.7. The van der Waals surface area contributed by atoms with Crippen LogP contribution in [-0.4, -0.2) is 17.1 Å². The monoisotopic (exact) mass is 350 g/mol. The highest BCUT2D eigenvalue weighted by Gasteiger charge is 2.32. The molecule has 2 atom stereocenters. The number of nitrogens with one attached hydrogen (secondary N) is 2. The predicted molar refractivity (Wildman–Crippen MR) is 92.1 cm³/mol. The fourth-order valence-electron chi connectivity index (χ4n) is 2.84. The molecule has 6 heteroatoms. The first-order valence-corrected chi connectivity index (χ1v) is 8.06. The second-order valence-corrected chi connectivity index (χ2v) is 6.38. The number of carboxylic acid groups (broad SMARTS) is 1. The molecule has 0 amide bonds. The number of carboxylic acids is 1. The number of hydrogen-bond acceptors (Lipinski definition) is 3. The molecule has 1 heterocycles. The van der Waals surface area contributed by atoms with Crippen molar-refractivity contribution in [2.75, 3.05) is 5.32 Å². The van der Waals surface area contributed by atoms with E-state index in [1.807, 2.05) is 30.3 Å². The number of fused-ring (bicyclic) bond motifs is 1. The largest absolute Gasteiger partial charge is 0.480 e. The number of benzene rings is 2. The normalized spacial score (nSPS) is 19.7. The van der Waals surface area contributed by atoms with Gasteiger partial charge < -0.3 is 15.7 Å². The van der Waals surface area contributed by atoms with Crippen molar-refractivity contribution in [3.05, 3.63) is 63.6 Å². The van der Waals surface area contributed by atoms with Crippen LogP contribution in [0.4, 0.5) is 5.69 Å². The molecule has 1 aliphatic heterocycles. The number of hydrogen-bond donors (Lipinski definition) is 3. The molecule has 0 saturated heterocycles. The molecule has 120 valence electrons. The highest BCUT2D eigenvalue weighted by atomic mass is 35.5. The standard InChI is InChI=1S/C17H16Cl2N2O2/c18-11-6-12(19)16-13(20-9-10-4-2-1-3-5-10)8-15(17(22)23)21-14(16)7-11/h1-7,13,15,20-21H,8-9H2,(H,22,23)/t13-,15+/m0/s1. The summed E-state index contributed by atoms with van der Waals surface area (Å²) < 4.78 is 0. The first kappa shape index (κ1) is 16.1. The van der Waals surface area contributed by atoms with E-state index in [-0.39, 0.29) is 6.04 Å². The minimum atomic E-state index is -0.891. The average molecular weight is 351 g/mol. The van der Waals surface area contributed by atoms with Crippen LogP contribution in [0.5, 0.6) is 0 Å². The number of carbonyl (C=O) groups is 1. The molecular formula is C17H16Cl2N2O2. The van der Waals surface area contributed by atoms with Gasteiger partial charge >= 0.3 is 5.97 Å². The van der Waals surface area contributed by atoms with Crippen molar-refractivity contribution in [1.82, 2.24) is 5.32 Å². The molecule has 4 nitrogen and oxygen atoms in total. The van der Waals surface area contributed by atoms with Gasteiger partial charge in [-0.2, -0.15) is 0 Å². The number of halogens is 2. The lowest BCUT2D eigenvalue weighted by Gasteiger charge is -2.32. The quantitative estimate of drug-likeness (QED) is 0.776. The zero-order valence-electron chi connectivity index (χ0n) is 12.2. The number of rotatable bonds is 4. The van der Waals surface area contributed by atoms with E-state index in [0.717, 1.165) is 11.1 Å². The molecule has 0 bridgehead atoms.